The van der Waals surface area contributed by atoms with Gasteiger partial charge in [-0.3, -0.25) is 0 Å². The van der Waals surface area contributed by atoms with E-state index in [1.165, 1.54) is 0 Å². The van der Waals surface area contributed by atoms with Crippen LogP contribution in [-0.4, -0.2) is 19.3 Å². The number of ether oxygens (including phenoxy) is 2. The maximum absolute atomic E-state index is 6.28. The van der Waals surface area contributed by atoms with E-state index in [1.54, 1.807) is 0 Å². The molecule has 0 saturated carbocycles. The molecular formula is C16H26ClNO2. The molecule has 3 nitrogen and oxygen atoms in total. The van der Waals surface area contributed by atoms with Crippen molar-refractivity contribution in [1.29, 1.82) is 0 Å². The molecule has 0 fully saturated rings. The van der Waals surface area contributed by atoms with Crippen LogP contribution < -0.4 is 15.2 Å². The van der Waals surface area contributed by atoms with Gasteiger partial charge >= 0.3 is 0 Å². The lowest BCUT2D eigenvalue weighted by Crippen LogP contribution is -2.15. The van der Waals surface area contributed by atoms with Crippen LogP contribution in [0, 0.1) is 0 Å². The summed E-state index contributed by atoms with van der Waals surface area (Å²) in [6.45, 7) is 9.34. The highest BCUT2D eigenvalue weighted by Crippen LogP contribution is 2.38. The zero-order valence-corrected chi connectivity index (χ0v) is 13.7. The average Bonchev–Trinajstić information content (AvgIpc) is 2.40. The molecule has 0 aromatic heterocycles. The van der Waals surface area contributed by atoms with Crippen molar-refractivity contribution in [3.63, 3.8) is 0 Å². The monoisotopic (exact) mass is 299 g/mol. The first kappa shape index (κ1) is 17.1. The van der Waals surface area contributed by atoms with Crippen LogP contribution in [0.5, 0.6) is 11.5 Å². The first-order valence-corrected chi connectivity index (χ1v) is 7.71. The Kier molecular flexibility index (Phi) is 7.17. The maximum atomic E-state index is 6.28. The summed E-state index contributed by atoms with van der Waals surface area (Å²) in [5, 5.41) is 0.637. The molecule has 114 valence electrons. The predicted octanol–water partition coefficient (Wildman–Crippen LogP) is 4.37. The van der Waals surface area contributed by atoms with E-state index >= 15 is 0 Å². The standard InChI is InChI=1S/C16H26ClNO2/c1-5-19-15-10-16(20-6-2)14(17)9-13(15)11(3)7-8-12(4)18/h9-12H,5-8,18H2,1-4H3. The van der Waals surface area contributed by atoms with Crippen molar-refractivity contribution >= 4 is 11.6 Å². The Morgan fingerprint density at radius 1 is 1.05 bits per heavy atom. The van der Waals surface area contributed by atoms with Crippen LogP contribution in [-0.2, 0) is 0 Å². The summed E-state index contributed by atoms with van der Waals surface area (Å²) in [7, 11) is 0. The van der Waals surface area contributed by atoms with Gasteiger partial charge in [0.15, 0.2) is 0 Å². The van der Waals surface area contributed by atoms with E-state index in [-0.39, 0.29) is 6.04 Å². The van der Waals surface area contributed by atoms with Crippen LogP contribution >= 0.6 is 11.6 Å². The molecule has 0 saturated heterocycles. The number of rotatable bonds is 8. The van der Waals surface area contributed by atoms with Gasteiger partial charge in [0.05, 0.1) is 18.2 Å². The molecule has 0 amide bonds. The highest BCUT2D eigenvalue weighted by atomic mass is 35.5. The van der Waals surface area contributed by atoms with Crippen molar-refractivity contribution < 1.29 is 9.47 Å². The highest BCUT2D eigenvalue weighted by molar-refractivity contribution is 6.32. The van der Waals surface area contributed by atoms with Crippen LogP contribution in [0.2, 0.25) is 5.02 Å². The van der Waals surface area contributed by atoms with Gasteiger partial charge < -0.3 is 15.2 Å². The largest absolute Gasteiger partial charge is 0.493 e. The normalized spacial score (nSPS) is 13.9. The minimum Gasteiger partial charge on any atom is -0.493 e. The molecule has 0 aliphatic rings. The van der Waals surface area contributed by atoms with E-state index in [0.29, 0.717) is 29.9 Å². The lowest BCUT2D eigenvalue weighted by atomic mass is 9.93. The molecule has 20 heavy (non-hydrogen) atoms. The summed E-state index contributed by atoms with van der Waals surface area (Å²) in [6, 6.07) is 4.07. The maximum Gasteiger partial charge on any atom is 0.141 e. The van der Waals surface area contributed by atoms with E-state index in [4.69, 9.17) is 26.8 Å². The summed E-state index contributed by atoms with van der Waals surface area (Å²) >= 11 is 6.28. The average molecular weight is 300 g/mol. The predicted molar refractivity (Wildman–Crippen MR) is 85.1 cm³/mol. The van der Waals surface area contributed by atoms with Gasteiger partial charge in [-0.2, -0.15) is 0 Å². The molecule has 1 aromatic carbocycles. The van der Waals surface area contributed by atoms with Crippen LogP contribution in [0.25, 0.3) is 0 Å². The molecule has 4 heteroatoms. The molecule has 0 bridgehead atoms. The highest BCUT2D eigenvalue weighted by Gasteiger charge is 2.16. The fourth-order valence-electron chi connectivity index (χ4n) is 2.15. The van der Waals surface area contributed by atoms with Crippen molar-refractivity contribution in [3.05, 3.63) is 22.7 Å². The summed E-state index contributed by atoms with van der Waals surface area (Å²) in [5.41, 5.74) is 6.96. The number of hydrogen-bond donors (Lipinski definition) is 1. The molecule has 0 radical (unpaired) electrons. The zero-order chi connectivity index (χ0) is 15.1. The minimum atomic E-state index is 0.214. The SMILES string of the molecule is CCOc1cc(OCC)c(C(C)CCC(C)N)cc1Cl. The Bertz CT molecular complexity index is 421. The van der Waals surface area contributed by atoms with Crippen LogP contribution in [0.3, 0.4) is 0 Å². The molecule has 0 aliphatic carbocycles. The van der Waals surface area contributed by atoms with Crippen LogP contribution in [0.15, 0.2) is 12.1 Å². The summed E-state index contributed by atoms with van der Waals surface area (Å²) in [6.07, 6.45) is 2.00. The van der Waals surface area contributed by atoms with Gasteiger partial charge in [-0.25, -0.2) is 0 Å². The Balaban J connectivity index is 3.00. The van der Waals surface area contributed by atoms with Gasteiger partial charge in [0, 0.05) is 12.1 Å². The molecule has 1 aromatic rings. The van der Waals surface area contributed by atoms with Gasteiger partial charge in [0.2, 0.25) is 0 Å². The summed E-state index contributed by atoms with van der Waals surface area (Å²) in [4.78, 5) is 0. The van der Waals surface area contributed by atoms with Crippen LogP contribution in [0.4, 0.5) is 0 Å². The Hall–Kier alpha value is -0.930. The van der Waals surface area contributed by atoms with Gasteiger partial charge in [-0.05, 0) is 51.2 Å². The van der Waals surface area contributed by atoms with Gasteiger partial charge in [-0.15, -0.1) is 0 Å². The lowest BCUT2D eigenvalue weighted by Gasteiger charge is -2.19. The van der Waals surface area contributed by atoms with E-state index in [0.717, 1.165) is 24.2 Å². The first-order chi connectivity index (χ1) is 9.49. The minimum absolute atomic E-state index is 0.214. The van der Waals surface area contributed by atoms with E-state index < -0.39 is 0 Å². The summed E-state index contributed by atoms with van der Waals surface area (Å²) in [5.74, 6) is 1.90. The molecule has 2 atom stereocenters. The second-order valence-corrected chi connectivity index (χ2v) is 5.55. The number of nitrogens with two attached hydrogens (primary N) is 1. The number of hydrogen-bond acceptors (Lipinski definition) is 3. The third kappa shape index (κ3) is 4.88. The first-order valence-electron chi connectivity index (χ1n) is 7.34. The quantitative estimate of drug-likeness (QED) is 0.775. The molecule has 0 aliphatic heterocycles. The third-order valence-electron chi connectivity index (χ3n) is 3.25. The van der Waals surface area contributed by atoms with Gasteiger partial charge in [-0.1, -0.05) is 18.5 Å². The third-order valence-corrected chi connectivity index (χ3v) is 3.55. The number of benzene rings is 1. The van der Waals surface area contributed by atoms with Crippen LogP contribution in [0.1, 0.15) is 52.0 Å². The molecule has 2 N–H and O–H groups in total. The molecule has 0 heterocycles. The fraction of sp³-hybridized carbons (Fsp3) is 0.625. The Morgan fingerprint density at radius 3 is 2.20 bits per heavy atom. The van der Waals surface area contributed by atoms with Gasteiger partial charge in [0.25, 0.3) is 0 Å². The Labute approximate surface area is 127 Å². The van der Waals surface area contributed by atoms with Crippen molar-refractivity contribution in [2.45, 2.75) is 52.5 Å². The topological polar surface area (TPSA) is 44.5 Å². The van der Waals surface area contributed by atoms with Crippen molar-refractivity contribution in [1.82, 2.24) is 0 Å². The van der Waals surface area contributed by atoms with E-state index in [1.807, 2.05) is 32.9 Å². The van der Waals surface area contributed by atoms with Gasteiger partial charge in [0.1, 0.15) is 11.5 Å². The fourth-order valence-corrected chi connectivity index (χ4v) is 2.38. The second kappa shape index (κ2) is 8.38. The second-order valence-electron chi connectivity index (χ2n) is 5.14. The van der Waals surface area contributed by atoms with Crippen molar-refractivity contribution in [3.8, 4) is 11.5 Å². The van der Waals surface area contributed by atoms with Crippen molar-refractivity contribution in [2.24, 2.45) is 5.73 Å². The summed E-state index contributed by atoms with van der Waals surface area (Å²) < 4.78 is 11.3. The van der Waals surface area contributed by atoms with Crippen molar-refractivity contribution in [2.75, 3.05) is 13.2 Å². The number of halogens is 1. The molecule has 1 rings (SSSR count). The molecular weight excluding hydrogens is 274 g/mol. The molecule has 2 unspecified atom stereocenters. The van der Waals surface area contributed by atoms with E-state index in [2.05, 4.69) is 6.92 Å². The zero-order valence-electron chi connectivity index (χ0n) is 12.9. The smallest absolute Gasteiger partial charge is 0.141 e. The Morgan fingerprint density at radius 2 is 1.65 bits per heavy atom. The lowest BCUT2D eigenvalue weighted by molar-refractivity contribution is 0.319. The van der Waals surface area contributed by atoms with E-state index in [9.17, 15) is 0 Å². The molecule has 0 spiro atoms.